The third kappa shape index (κ3) is 2.85. The minimum atomic E-state index is 0.0699. The highest BCUT2D eigenvalue weighted by atomic mass is 79.9. The van der Waals surface area contributed by atoms with Gasteiger partial charge in [0.05, 0.1) is 10.2 Å². The van der Waals surface area contributed by atoms with E-state index in [-0.39, 0.29) is 11.3 Å². The van der Waals surface area contributed by atoms with Crippen LogP contribution in [0.3, 0.4) is 0 Å². The Labute approximate surface area is 165 Å². The van der Waals surface area contributed by atoms with Crippen molar-refractivity contribution in [3.8, 4) is 0 Å². The summed E-state index contributed by atoms with van der Waals surface area (Å²) in [5.41, 5.74) is 4.18. The highest BCUT2D eigenvalue weighted by molar-refractivity contribution is 9.10. The summed E-state index contributed by atoms with van der Waals surface area (Å²) in [5.74, 6) is 1.68. The molecule has 1 heterocycles. The topological polar surface area (TPSA) is 46.4 Å². The molecule has 0 spiro atoms. The molecule has 4 aliphatic rings. The van der Waals surface area contributed by atoms with Crippen LogP contribution in [0.4, 0.5) is 0 Å². The van der Waals surface area contributed by atoms with Crippen molar-refractivity contribution in [3.05, 3.63) is 29.1 Å². The minimum absolute atomic E-state index is 0.0699. The van der Waals surface area contributed by atoms with Crippen molar-refractivity contribution in [3.63, 3.8) is 0 Å². The number of nitrogens with one attached hydrogen (secondary N) is 1. The number of para-hydroxylation sites is 1. The van der Waals surface area contributed by atoms with Crippen LogP contribution in [0.5, 0.6) is 0 Å². The summed E-state index contributed by atoms with van der Waals surface area (Å²) in [6, 6.07) is 8.23. The maximum absolute atomic E-state index is 12.7. The average molecular weight is 434 g/mol. The molecule has 0 saturated heterocycles. The predicted molar refractivity (Wildman–Crippen MR) is 108 cm³/mol. The fraction of sp³-hybridized carbons (Fsp3) is 0.600. The molecule has 1 N–H and O–H groups in total. The van der Waals surface area contributed by atoms with E-state index in [9.17, 15) is 4.79 Å². The molecule has 0 radical (unpaired) electrons. The lowest BCUT2D eigenvalue weighted by Gasteiger charge is -2.60. The van der Waals surface area contributed by atoms with Gasteiger partial charge in [-0.15, -0.1) is 5.10 Å². The number of fused-ring (bicyclic) bond motifs is 1. The zero-order chi connectivity index (χ0) is 17.9. The molecular weight excluding hydrogens is 410 g/mol. The van der Waals surface area contributed by atoms with Gasteiger partial charge >= 0.3 is 0 Å². The van der Waals surface area contributed by atoms with E-state index in [1.54, 1.807) is 11.3 Å². The van der Waals surface area contributed by atoms with Crippen molar-refractivity contribution in [2.45, 2.75) is 49.3 Å². The Morgan fingerprint density at radius 3 is 2.73 bits per heavy atom. The maximum atomic E-state index is 12.7. The van der Waals surface area contributed by atoms with Crippen molar-refractivity contribution >= 4 is 43.4 Å². The number of nitrogens with zero attached hydrogens (tertiary/aromatic N) is 2. The highest BCUT2D eigenvalue weighted by Crippen LogP contribution is 2.65. The molecule has 4 saturated carbocycles. The number of halogens is 1. The number of benzene rings is 1. The number of carbonyl (C=O) groups is 1. The van der Waals surface area contributed by atoms with Crippen LogP contribution in [-0.2, 0) is 11.8 Å². The number of hydrogen-bond acceptors (Lipinski definition) is 3. The van der Waals surface area contributed by atoms with Gasteiger partial charge in [-0.25, -0.2) is 5.43 Å². The van der Waals surface area contributed by atoms with Crippen LogP contribution in [0.1, 0.15) is 44.9 Å². The zero-order valence-corrected chi connectivity index (χ0v) is 17.4. The van der Waals surface area contributed by atoms with Gasteiger partial charge < -0.3 is 4.57 Å². The average Bonchev–Trinajstić information content (AvgIpc) is 2.87. The summed E-state index contributed by atoms with van der Waals surface area (Å²) < 4.78 is 3.52. The highest BCUT2D eigenvalue weighted by Gasteiger charge is 2.57. The van der Waals surface area contributed by atoms with Crippen molar-refractivity contribution < 1.29 is 4.79 Å². The van der Waals surface area contributed by atoms with E-state index in [1.807, 2.05) is 23.7 Å². The van der Waals surface area contributed by atoms with Crippen LogP contribution in [0.25, 0.3) is 10.2 Å². The van der Waals surface area contributed by atoms with E-state index >= 15 is 0 Å². The fourth-order valence-electron chi connectivity index (χ4n) is 6.22. The van der Waals surface area contributed by atoms with E-state index in [0.717, 1.165) is 28.6 Å². The fourth-order valence-corrected chi connectivity index (χ4v) is 8.71. The summed E-state index contributed by atoms with van der Waals surface area (Å²) in [7, 11) is 2.00. The first-order valence-corrected chi connectivity index (χ1v) is 11.1. The number of aryl methyl sites for hydroxylation is 1. The van der Waals surface area contributed by atoms with Gasteiger partial charge in [0.15, 0.2) is 0 Å². The van der Waals surface area contributed by atoms with Gasteiger partial charge in [0.1, 0.15) is 0 Å². The van der Waals surface area contributed by atoms with E-state index in [0.29, 0.717) is 10.7 Å². The SMILES string of the molecule is Cn1c(=NNC(=O)CC23C[C@@H]4C[C@@H](CC(Br)(C4)C2)C3)sc2ccccc21. The zero-order valence-electron chi connectivity index (χ0n) is 15.0. The minimum Gasteiger partial charge on any atom is -0.318 e. The van der Waals surface area contributed by atoms with Crippen LogP contribution < -0.4 is 10.2 Å². The molecule has 4 atom stereocenters. The summed E-state index contributed by atoms with van der Waals surface area (Å²) in [5, 5.41) is 4.43. The smallest absolute Gasteiger partial charge is 0.240 e. The van der Waals surface area contributed by atoms with Crippen LogP contribution in [0.2, 0.25) is 0 Å². The van der Waals surface area contributed by atoms with Gasteiger partial charge in [0.2, 0.25) is 10.7 Å². The maximum Gasteiger partial charge on any atom is 0.240 e. The van der Waals surface area contributed by atoms with Gasteiger partial charge in [0, 0.05) is 17.8 Å². The molecule has 0 aliphatic heterocycles. The summed E-state index contributed by atoms with van der Waals surface area (Å²) in [6.45, 7) is 0. The number of aromatic nitrogens is 1. The Morgan fingerprint density at radius 2 is 2.04 bits per heavy atom. The third-order valence-corrected chi connectivity index (χ3v) is 8.68. The lowest BCUT2D eigenvalue weighted by Crippen LogP contribution is -2.53. The number of alkyl halides is 1. The molecule has 2 aromatic rings. The number of rotatable bonds is 3. The largest absolute Gasteiger partial charge is 0.318 e. The lowest BCUT2D eigenvalue weighted by atomic mass is 9.48. The molecule has 1 aromatic heterocycles. The molecule has 138 valence electrons. The first-order valence-electron chi connectivity index (χ1n) is 9.50. The molecule has 4 aliphatic carbocycles. The normalized spacial score (nSPS) is 36.0. The Morgan fingerprint density at radius 1 is 1.31 bits per heavy atom. The van der Waals surface area contributed by atoms with Gasteiger partial charge in [-0.1, -0.05) is 39.4 Å². The number of carbonyl (C=O) groups excluding carboxylic acids is 1. The molecule has 4 bridgehead atoms. The lowest BCUT2D eigenvalue weighted by molar-refractivity contribution is -0.128. The van der Waals surface area contributed by atoms with Crippen LogP contribution in [-0.4, -0.2) is 14.8 Å². The van der Waals surface area contributed by atoms with Gasteiger partial charge in [-0.3, -0.25) is 4.79 Å². The molecule has 2 unspecified atom stereocenters. The second-order valence-corrected chi connectivity index (χ2v) is 11.5. The Balaban J connectivity index is 1.34. The summed E-state index contributed by atoms with van der Waals surface area (Å²) in [6.07, 6.45) is 8.19. The van der Waals surface area contributed by atoms with Gasteiger partial charge in [0.25, 0.3) is 0 Å². The third-order valence-electron chi connectivity index (χ3n) is 6.64. The Kier molecular flexibility index (Phi) is 3.87. The van der Waals surface area contributed by atoms with E-state index < -0.39 is 0 Å². The van der Waals surface area contributed by atoms with Crippen LogP contribution in [0, 0.1) is 17.3 Å². The summed E-state index contributed by atoms with van der Waals surface area (Å²) >= 11 is 5.64. The monoisotopic (exact) mass is 433 g/mol. The Bertz CT molecular complexity index is 932. The second-order valence-electron chi connectivity index (χ2n) is 8.85. The van der Waals surface area contributed by atoms with E-state index in [2.05, 4.69) is 38.6 Å². The molecule has 6 rings (SSSR count). The van der Waals surface area contributed by atoms with Crippen molar-refractivity contribution in [1.82, 2.24) is 9.99 Å². The molecule has 4 nitrogen and oxygen atoms in total. The summed E-state index contributed by atoms with van der Waals surface area (Å²) in [4.78, 5) is 13.5. The molecular formula is C20H24BrN3OS. The second kappa shape index (κ2) is 5.93. The predicted octanol–water partition coefficient (Wildman–Crippen LogP) is 4.30. The number of amides is 1. The molecule has 6 heteroatoms. The molecule has 1 amide bonds. The first kappa shape index (κ1) is 17.0. The van der Waals surface area contributed by atoms with Crippen molar-refractivity contribution in [2.75, 3.05) is 0 Å². The van der Waals surface area contributed by atoms with Crippen LogP contribution in [0.15, 0.2) is 29.4 Å². The standard InChI is InChI=1S/C20H24BrN3OS/c1-24-15-4-2-3-5-16(15)26-18(24)23-22-17(25)11-19-7-13-6-14(8-19)10-20(21,9-13)12-19/h2-5,13-14H,6-12H2,1H3,(H,22,25)/t13-,14+,19?,20?. The van der Waals surface area contributed by atoms with Crippen molar-refractivity contribution in [1.29, 1.82) is 0 Å². The van der Waals surface area contributed by atoms with Gasteiger partial charge in [-0.05, 0) is 67.9 Å². The van der Waals surface area contributed by atoms with Crippen molar-refractivity contribution in [2.24, 2.45) is 29.4 Å². The molecule has 1 aromatic carbocycles. The molecule has 4 fully saturated rings. The number of hydrogen-bond donors (Lipinski definition) is 1. The number of thiazole rings is 1. The molecule has 26 heavy (non-hydrogen) atoms. The van der Waals surface area contributed by atoms with E-state index in [1.165, 1.54) is 36.8 Å². The van der Waals surface area contributed by atoms with Crippen LogP contribution >= 0.6 is 27.3 Å². The quantitative estimate of drug-likeness (QED) is 0.569. The van der Waals surface area contributed by atoms with E-state index in [4.69, 9.17) is 0 Å². The first-order chi connectivity index (χ1) is 12.4. The van der Waals surface area contributed by atoms with Gasteiger partial charge in [-0.2, -0.15) is 0 Å². The Hall–Kier alpha value is -1.14.